The molecule has 0 spiro atoms. The Balaban J connectivity index is 1.88. The van der Waals surface area contributed by atoms with Gasteiger partial charge in [-0.1, -0.05) is 0 Å². The number of nitrogen functional groups attached to an aromatic ring is 1. The predicted octanol–water partition coefficient (Wildman–Crippen LogP) is 2.16. The van der Waals surface area contributed by atoms with Gasteiger partial charge in [-0.15, -0.1) is 11.3 Å². The summed E-state index contributed by atoms with van der Waals surface area (Å²) in [5, 5.41) is 9.35. The van der Waals surface area contributed by atoms with Gasteiger partial charge in [0.25, 0.3) is 5.91 Å². The van der Waals surface area contributed by atoms with Crippen molar-refractivity contribution in [1.29, 1.82) is 0 Å². The third kappa shape index (κ3) is 2.04. The van der Waals surface area contributed by atoms with Gasteiger partial charge in [-0.05, 0) is 25.1 Å². The Morgan fingerprint density at radius 1 is 1.47 bits per heavy atom. The lowest BCUT2D eigenvalue weighted by atomic mass is 10.2. The number of rotatable bonds is 2. The number of carbonyl (C=O) groups is 1. The van der Waals surface area contributed by atoms with Gasteiger partial charge < -0.3 is 11.1 Å². The second-order valence-corrected chi connectivity index (χ2v) is 4.99. The van der Waals surface area contributed by atoms with Crippen molar-refractivity contribution < 1.29 is 4.79 Å². The minimum atomic E-state index is -0.328. The van der Waals surface area contributed by atoms with Crippen LogP contribution >= 0.6 is 11.3 Å². The summed E-state index contributed by atoms with van der Waals surface area (Å²) in [6.07, 6.45) is 0. The van der Waals surface area contributed by atoms with Gasteiger partial charge in [0.05, 0.1) is 27.1 Å². The maximum atomic E-state index is 12.0. The first kappa shape index (κ1) is 11.7. The summed E-state index contributed by atoms with van der Waals surface area (Å²) in [7, 11) is 0. The molecule has 1 amide bonds. The number of aromatic nitrogens is 3. The number of hydrogen-bond donors (Lipinski definition) is 3. The fraction of sp³-hybridized carbons (Fsp3) is 0.0833. The molecule has 0 saturated heterocycles. The molecule has 3 rings (SSSR count). The number of thiazole rings is 1. The van der Waals surface area contributed by atoms with Crippen LogP contribution in [0.25, 0.3) is 10.2 Å². The second kappa shape index (κ2) is 4.36. The Kier molecular flexibility index (Phi) is 2.68. The van der Waals surface area contributed by atoms with Crippen molar-refractivity contribution in [3.05, 3.63) is 35.1 Å². The van der Waals surface area contributed by atoms with Crippen molar-refractivity contribution in [3.8, 4) is 0 Å². The van der Waals surface area contributed by atoms with Crippen LogP contribution in [0.5, 0.6) is 0 Å². The van der Waals surface area contributed by atoms with E-state index in [9.17, 15) is 4.79 Å². The van der Waals surface area contributed by atoms with Crippen LogP contribution in [0.4, 0.5) is 11.4 Å². The summed E-state index contributed by atoms with van der Waals surface area (Å²) in [5.41, 5.74) is 10.4. The molecule has 0 unspecified atom stereocenters. The first-order chi connectivity index (χ1) is 9.15. The maximum absolute atomic E-state index is 12.0. The molecule has 2 heterocycles. The van der Waals surface area contributed by atoms with E-state index in [2.05, 4.69) is 20.5 Å². The van der Waals surface area contributed by atoms with Gasteiger partial charge in [0.2, 0.25) is 0 Å². The van der Waals surface area contributed by atoms with Crippen LogP contribution in [0.1, 0.15) is 16.2 Å². The monoisotopic (exact) mass is 273 g/mol. The molecule has 0 aliphatic heterocycles. The van der Waals surface area contributed by atoms with Crippen molar-refractivity contribution in [2.24, 2.45) is 0 Å². The van der Waals surface area contributed by atoms with Crippen molar-refractivity contribution in [2.75, 3.05) is 11.1 Å². The van der Waals surface area contributed by atoms with Gasteiger partial charge in [0, 0.05) is 5.69 Å². The minimum Gasteiger partial charge on any atom is -0.395 e. The Morgan fingerprint density at radius 3 is 3.05 bits per heavy atom. The van der Waals surface area contributed by atoms with Crippen molar-refractivity contribution >= 4 is 38.8 Å². The Bertz CT molecular complexity index is 760. The summed E-state index contributed by atoms with van der Waals surface area (Å²) < 4.78 is 1.02. The summed E-state index contributed by atoms with van der Waals surface area (Å²) >= 11 is 1.52. The number of H-pyrrole nitrogens is 1. The molecule has 4 N–H and O–H groups in total. The van der Waals surface area contributed by atoms with Crippen LogP contribution in [0.2, 0.25) is 0 Å². The quantitative estimate of drug-likeness (QED) is 0.666. The number of nitrogens with two attached hydrogens (primary N) is 1. The number of hydrogen-bond acceptors (Lipinski definition) is 5. The van der Waals surface area contributed by atoms with E-state index >= 15 is 0 Å². The number of aromatic amines is 1. The van der Waals surface area contributed by atoms with E-state index < -0.39 is 0 Å². The van der Waals surface area contributed by atoms with E-state index in [1.54, 1.807) is 18.5 Å². The molecule has 19 heavy (non-hydrogen) atoms. The van der Waals surface area contributed by atoms with E-state index in [-0.39, 0.29) is 11.6 Å². The Hall–Kier alpha value is -2.41. The fourth-order valence-corrected chi connectivity index (χ4v) is 2.45. The van der Waals surface area contributed by atoms with Crippen molar-refractivity contribution in [1.82, 2.24) is 15.2 Å². The van der Waals surface area contributed by atoms with Crippen molar-refractivity contribution in [3.63, 3.8) is 0 Å². The number of carbonyl (C=O) groups excluding carboxylic acids is 1. The van der Waals surface area contributed by atoms with Gasteiger partial charge in [-0.2, -0.15) is 5.10 Å². The molecule has 96 valence electrons. The number of fused-ring (bicyclic) bond motifs is 1. The van der Waals surface area contributed by atoms with Crippen LogP contribution in [-0.4, -0.2) is 21.1 Å². The molecule has 0 aliphatic rings. The van der Waals surface area contributed by atoms with E-state index in [1.165, 1.54) is 11.3 Å². The van der Waals surface area contributed by atoms with Gasteiger partial charge in [0.15, 0.2) is 5.69 Å². The molecule has 0 saturated carbocycles. The summed E-state index contributed by atoms with van der Waals surface area (Å²) in [6.45, 7) is 1.77. The van der Waals surface area contributed by atoms with E-state index in [0.717, 1.165) is 10.2 Å². The topological polar surface area (TPSA) is 96.7 Å². The highest BCUT2D eigenvalue weighted by molar-refractivity contribution is 7.16. The SMILES string of the molecule is Cc1[nH]nc(C(=O)Nc2ccc3ncsc3c2)c1N. The molecule has 0 bridgehead atoms. The fourth-order valence-electron chi connectivity index (χ4n) is 1.73. The summed E-state index contributed by atoms with van der Waals surface area (Å²) in [4.78, 5) is 16.2. The summed E-state index contributed by atoms with van der Waals surface area (Å²) in [5.74, 6) is -0.328. The standard InChI is InChI=1S/C12H11N5OS/c1-6-10(13)11(17-16-6)12(18)15-7-2-3-8-9(4-7)19-5-14-8/h2-5H,13H2,1H3,(H,15,18)(H,16,17). The van der Waals surface area contributed by atoms with Crippen LogP contribution in [-0.2, 0) is 0 Å². The van der Waals surface area contributed by atoms with Gasteiger partial charge in [0.1, 0.15) is 0 Å². The molecule has 1 aromatic carbocycles. The first-order valence-corrected chi connectivity index (χ1v) is 6.48. The molecule has 2 aromatic heterocycles. The van der Waals surface area contributed by atoms with E-state index in [1.807, 2.05) is 12.1 Å². The number of benzene rings is 1. The molecular weight excluding hydrogens is 262 g/mol. The van der Waals surface area contributed by atoms with Crippen LogP contribution in [0, 0.1) is 6.92 Å². The zero-order valence-corrected chi connectivity index (χ0v) is 10.9. The molecule has 0 aliphatic carbocycles. The third-order valence-corrected chi connectivity index (χ3v) is 3.59. The van der Waals surface area contributed by atoms with Gasteiger partial charge in [-0.3, -0.25) is 9.89 Å². The smallest absolute Gasteiger partial charge is 0.278 e. The Labute approximate surface area is 112 Å². The second-order valence-electron chi connectivity index (χ2n) is 4.10. The first-order valence-electron chi connectivity index (χ1n) is 5.60. The molecule has 0 fully saturated rings. The lowest BCUT2D eigenvalue weighted by Gasteiger charge is -2.03. The lowest BCUT2D eigenvalue weighted by Crippen LogP contribution is -2.14. The number of aryl methyl sites for hydroxylation is 1. The molecular formula is C12H11N5OS. The average Bonchev–Trinajstić information content (AvgIpc) is 2.97. The zero-order valence-electron chi connectivity index (χ0n) is 10.1. The van der Waals surface area contributed by atoms with E-state index in [4.69, 9.17) is 5.73 Å². The van der Waals surface area contributed by atoms with Crippen LogP contribution in [0.3, 0.4) is 0 Å². The highest BCUT2D eigenvalue weighted by atomic mass is 32.1. The molecule has 7 heteroatoms. The highest BCUT2D eigenvalue weighted by Gasteiger charge is 2.15. The predicted molar refractivity (Wildman–Crippen MR) is 75.3 cm³/mol. The average molecular weight is 273 g/mol. The molecule has 0 radical (unpaired) electrons. The van der Waals surface area contributed by atoms with Gasteiger partial charge in [-0.25, -0.2) is 4.98 Å². The largest absolute Gasteiger partial charge is 0.395 e. The number of amides is 1. The molecule has 0 atom stereocenters. The van der Waals surface area contributed by atoms with Crippen LogP contribution in [0.15, 0.2) is 23.7 Å². The van der Waals surface area contributed by atoms with Crippen LogP contribution < -0.4 is 11.1 Å². The number of nitrogens with one attached hydrogen (secondary N) is 2. The van der Waals surface area contributed by atoms with E-state index in [0.29, 0.717) is 17.1 Å². The molecule has 6 nitrogen and oxygen atoms in total. The summed E-state index contributed by atoms with van der Waals surface area (Å²) in [6, 6.07) is 5.54. The lowest BCUT2D eigenvalue weighted by molar-refractivity contribution is 0.102. The normalized spacial score (nSPS) is 10.8. The Morgan fingerprint density at radius 2 is 2.32 bits per heavy atom. The van der Waals surface area contributed by atoms with Gasteiger partial charge >= 0.3 is 0 Å². The molecule has 3 aromatic rings. The zero-order chi connectivity index (χ0) is 13.4. The van der Waals surface area contributed by atoms with Crippen molar-refractivity contribution in [2.45, 2.75) is 6.92 Å². The maximum Gasteiger partial charge on any atom is 0.278 e. The number of anilines is 2. The minimum absolute atomic E-state index is 0.210. The highest BCUT2D eigenvalue weighted by Crippen LogP contribution is 2.22. The number of nitrogens with zero attached hydrogens (tertiary/aromatic N) is 2. The third-order valence-electron chi connectivity index (χ3n) is 2.80.